The Kier molecular flexibility index (Phi) is 13.5. The van der Waals surface area contributed by atoms with Gasteiger partial charge in [0.15, 0.2) is 17.2 Å². The van der Waals surface area contributed by atoms with Gasteiger partial charge in [-0.3, -0.25) is 9.59 Å². The van der Waals surface area contributed by atoms with Crippen molar-refractivity contribution in [1.29, 1.82) is 0 Å². The third-order valence-electron chi connectivity index (χ3n) is 6.76. The summed E-state index contributed by atoms with van der Waals surface area (Å²) >= 11 is 12.6. The first-order chi connectivity index (χ1) is 22.0. The molecule has 0 saturated carbocycles. The van der Waals surface area contributed by atoms with E-state index in [9.17, 15) is 14.4 Å². The van der Waals surface area contributed by atoms with Crippen molar-refractivity contribution < 1.29 is 42.8 Å². The molecule has 248 valence electrons. The number of benzene rings is 2. The van der Waals surface area contributed by atoms with E-state index in [1.54, 1.807) is 24.3 Å². The molecule has 46 heavy (non-hydrogen) atoms. The summed E-state index contributed by atoms with van der Waals surface area (Å²) in [5.74, 6) is -0.560. The van der Waals surface area contributed by atoms with Gasteiger partial charge in [-0.05, 0) is 52.0 Å². The molecule has 0 aliphatic heterocycles. The highest BCUT2D eigenvalue weighted by molar-refractivity contribution is 6.31. The number of hydrogen-bond acceptors (Lipinski definition) is 10. The van der Waals surface area contributed by atoms with Crippen LogP contribution in [0.2, 0.25) is 10.0 Å². The standard InChI is InChI=1S/C33H38Cl2N2O9/c1-7-42-27-15-22(34)9-11-24(27)29(25-12-10-23(35)16-28(25)43-8-2)20(3)44-18-33(5,17-38)37-32(40)30-31(46-19-45-21(4)39)26(41-6)13-14-36-30/h9-17,20,29H,7-8,18-19H2,1-6H3,(H,37,40)/t20-,33+/m0/s1. The number of rotatable bonds is 17. The lowest BCUT2D eigenvalue weighted by molar-refractivity contribution is -0.147. The van der Waals surface area contributed by atoms with E-state index in [2.05, 4.69) is 10.3 Å². The number of pyridine rings is 1. The molecule has 3 rings (SSSR count). The van der Waals surface area contributed by atoms with Crippen molar-refractivity contribution in [1.82, 2.24) is 10.3 Å². The number of nitrogens with one attached hydrogen (secondary N) is 1. The van der Waals surface area contributed by atoms with Gasteiger partial charge in [-0.2, -0.15) is 0 Å². The second-order valence-corrected chi connectivity index (χ2v) is 11.2. The molecule has 2 atom stereocenters. The van der Waals surface area contributed by atoms with Gasteiger partial charge in [-0.1, -0.05) is 35.3 Å². The van der Waals surface area contributed by atoms with Crippen molar-refractivity contribution in [3.8, 4) is 23.0 Å². The molecular formula is C33H38Cl2N2O9. The molecule has 0 unspecified atom stereocenters. The average molecular weight is 678 g/mol. The Balaban J connectivity index is 1.94. The predicted molar refractivity (Wildman–Crippen MR) is 172 cm³/mol. The molecule has 3 aromatic rings. The van der Waals surface area contributed by atoms with Gasteiger partial charge < -0.3 is 38.5 Å². The third kappa shape index (κ3) is 9.48. The molecule has 0 aliphatic rings. The molecule has 0 fully saturated rings. The van der Waals surface area contributed by atoms with Gasteiger partial charge >= 0.3 is 5.97 Å². The fourth-order valence-electron chi connectivity index (χ4n) is 4.65. The average Bonchev–Trinajstić information content (AvgIpc) is 3.02. The van der Waals surface area contributed by atoms with Gasteiger partial charge in [0.05, 0.1) is 33.0 Å². The van der Waals surface area contributed by atoms with Crippen molar-refractivity contribution in [3.63, 3.8) is 0 Å². The zero-order valence-electron chi connectivity index (χ0n) is 26.6. The monoisotopic (exact) mass is 676 g/mol. The van der Waals surface area contributed by atoms with Crippen molar-refractivity contribution >= 4 is 41.4 Å². The minimum absolute atomic E-state index is 0.0660. The summed E-state index contributed by atoms with van der Waals surface area (Å²) in [5.41, 5.74) is -0.141. The van der Waals surface area contributed by atoms with Crippen LogP contribution in [0.1, 0.15) is 62.2 Å². The topological polar surface area (TPSA) is 132 Å². The van der Waals surface area contributed by atoms with Crippen LogP contribution in [0.25, 0.3) is 0 Å². The maximum absolute atomic E-state index is 13.4. The predicted octanol–water partition coefficient (Wildman–Crippen LogP) is 6.02. The van der Waals surface area contributed by atoms with Gasteiger partial charge in [0.1, 0.15) is 23.3 Å². The first kappa shape index (κ1) is 36.4. The minimum Gasteiger partial charge on any atom is -0.494 e. The zero-order valence-corrected chi connectivity index (χ0v) is 28.1. The summed E-state index contributed by atoms with van der Waals surface area (Å²) in [7, 11) is 1.38. The van der Waals surface area contributed by atoms with E-state index >= 15 is 0 Å². The molecule has 0 saturated heterocycles. The minimum atomic E-state index is -1.50. The van der Waals surface area contributed by atoms with Gasteiger partial charge in [0, 0.05) is 46.3 Å². The Morgan fingerprint density at radius 3 is 2.04 bits per heavy atom. The highest BCUT2D eigenvalue weighted by atomic mass is 35.5. The van der Waals surface area contributed by atoms with Crippen LogP contribution in [-0.4, -0.2) is 68.5 Å². The number of carbonyl (C=O) groups excluding carboxylic acids is 3. The Bertz CT molecular complexity index is 1460. The van der Waals surface area contributed by atoms with E-state index in [0.29, 0.717) is 41.0 Å². The van der Waals surface area contributed by atoms with E-state index < -0.39 is 36.2 Å². The fourth-order valence-corrected chi connectivity index (χ4v) is 4.97. The first-order valence-electron chi connectivity index (χ1n) is 14.5. The lowest BCUT2D eigenvalue weighted by Gasteiger charge is -2.32. The van der Waals surface area contributed by atoms with Crippen molar-refractivity contribution in [2.45, 2.75) is 52.2 Å². The first-order valence-corrected chi connectivity index (χ1v) is 15.3. The highest BCUT2D eigenvalue weighted by Gasteiger charge is 2.34. The SMILES string of the molecule is CCOc1cc(Cl)ccc1C(c1ccc(Cl)cc1OCC)[C@H](C)OC[C@@](C)(C=O)NC(=O)c1nccc(OC)c1OCOC(C)=O. The van der Waals surface area contributed by atoms with Crippen molar-refractivity contribution in [2.75, 3.05) is 33.7 Å². The number of methoxy groups -OCH3 is 1. The molecule has 1 heterocycles. The quantitative estimate of drug-likeness (QED) is 0.103. The maximum Gasteiger partial charge on any atom is 0.305 e. The van der Waals surface area contributed by atoms with E-state index in [0.717, 1.165) is 11.1 Å². The van der Waals surface area contributed by atoms with Crippen LogP contribution in [0.15, 0.2) is 48.7 Å². The van der Waals surface area contributed by atoms with E-state index in [1.807, 2.05) is 32.9 Å². The van der Waals surface area contributed by atoms with Gasteiger partial charge in [-0.25, -0.2) is 4.98 Å². The van der Waals surface area contributed by atoms with Crippen LogP contribution in [0.4, 0.5) is 0 Å². The number of esters is 1. The number of halogens is 2. The van der Waals surface area contributed by atoms with Crippen LogP contribution in [0, 0.1) is 0 Å². The Labute approximate surface area is 278 Å². The normalized spacial score (nSPS) is 12.9. The van der Waals surface area contributed by atoms with E-state index in [-0.39, 0.29) is 23.8 Å². The lowest BCUT2D eigenvalue weighted by atomic mass is 9.85. The number of aromatic nitrogens is 1. The zero-order chi connectivity index (χ0) is 33.9. The second-order valence-electron chi connectivity index (χ2n) is 10.3. The molecule has 11 nitrogen and oxygen atoms in total. The van der Waals surface area contributed by atoms with Gasteiger partial charge in [0.2, 0.25) is 6.79 Å². The third-order valence-corrected chi connectivity index (χ3v) is 7.23. The van der Waals surface area contributed by atoms with Crippen LogP contribution >= 0.6 is 23.2 Å². The molecule has 0 bridgehead atoms. The van der Waals surface area contributed by atoms with E-state index in [4.69, 9.17) is 51.6 Å². The molecule has 1 aromatic heterocycles. The summed E-state index contributed by atoms with van der Waals surface area (Å²) in [6.07, 6.45) is 1.33. The van der Waals surface area contributed by atoms with Crippen LogP contribution in [0.5, 0.6) is 23.0 Å². The molecule has 1 amide bonds. The van der Waals surface area contributed by atoms with Gasteiger partial charge in [-0.15, -0.1) is 0 Å². The van der Waals surface area contributed by atoms with Crippen LogP contribution in [-0.2, 0) is 19.1 Å². The second kappa shape index (κ2) is 17.0. The molecule has 2 aromatic carbocycles. The Hall–Kier alpha value is -4.06. The summed E-state index contributed by atoms with van der Waals surface area (Å²) in [5, 5.41) is 3.68. The molecule has 13 heteroatoms. The molecule has 0 aliphatic carbocycles. The maximum atomic E-state index is 13.4. The van der Waals surface area contributed by atoms with Crippen LogP contribution < -0.4 is 24.3 Å². The largest absolute Gasteiger partial charge is 0.494 e. The van der Waals surface area contributed by atoms with E-state index in [1.165, 1.54) is 33.2 Å². The number of nitrogens with zero attached hydrogens (tertiary/aromatic N) is 1. The van der Waals surface area contributed by atoms with Crippen molar-refractivity contribution in [2.24, 2.45) is 0 Å². The Morgan fingerprint density at radius 1 is 0.957 bits per heavy atom. The molecule has 0 spiro atoms. The number of amides is 1. The van der Waals surface area contributed by atoms with Crippen molar-refractivity contribution in [3.05, 3.63) is 75.5 Å². The highest BCUT2D eigenvalue weighted by Crippen LogP contribution is 2.42. The Morgan fingerprint density at radius 2 is 1.54 bits per heavy atom. The summed E-state index contributed by atoms with van der Waals surface area (Å²) in [6.45, 7) is 8.41. The fraction of sp³-hybridized carbons (Fsp3) is 0.394. The molecule has 0 radical (unpaired) electrons. The molecular weight excluding hydrogens is 639 g/mol. The van der Waals surface area contributed by atoms with Gasteiger partial charge in [0.25, 0.3) is 5.91 Å². The smallest absolute Gasteiger partial charge is 0.305 e. The lowest BCUT2D eigenvalue weighted by Crippen LogP contribution is -2.52. The number of ether oxygens (including phenoxy) is 6. The summed E-state index contributed by atoms with van der Waals surface area (Å²) in [6, 6.07) is 12.2. The number of carbonyl (C=O) groups is 3. The number of aldehydes is 1. The van der Waals surface area contributed by atoms with Crippen LogP contribution in [0.3, 0.4) is 0 Å². The summed E-state index contributed by atoms with van der Waals surface area (Å²) in [4.78, 5) is 41.2. The summed E-state index contributed by atoms with van der Waals surface area (Å²) < 4.78 is 33.9. The molecule has 1 N–H and O–H groups in total. The number of hydrogen-bond donors (Lipinski definition) is 1.